The molecule has 2 aromatic heterocycles. The van der Waals surface area contributed by atoms with Gasteiger partial charge < -0.3 is 9.47 Å². The van der Waals surface area contributed by atoms with Gasteiger partial charge in [-0.25, -0.2) is 0 Å². The van der Waals surface area contributed by atoms with Gasteiger partial charge in [0.15, 0.2) is 0 Å². The fourth-order valence-electron chi connectivity index (χ4n) is 7.37. The Bertz CT molecular complexity index is 1900. The Kier molecular flexibility index (Phi) is 4.59. The average Bonchev–Trinajstić information content (AvgIpc) is 3.64. The van der Waals surface area contributed by atoms with Gasteiger partial charge in [-0.05, 0) is 97.0 Å². The van der Waals surface area contributed by atoms with Gasteiger partial charge in [0.05, 0.1) is 6.04 Å². The van der Waals surface area contributed by atoms with Crippen molar-refractivity contribution < 1.29 is 0 Å². The highest BCUT2D eigenvalue weighted by Crippen LogP contribution is 2.49. The van der Waals surface area contributed by atoms with Crippen LogP contribution in [0.15, 0.2) is 97.1 Å². The van der Waals surface area contributed by atoms with Crippen molar-refractivity contribution in [3.8, 4) is 5.69 Å². The van der Waals surface area contributed by atoms with Crippen molar-refractivity contribution in [2.75, 3.05) is 4.90 Å². The van der Waals surface area contributed by atoms with Crippen molar-refractivity contribution in [2.45, 2.75) is 37.6 Å². The Balaban J connectivity index is 1.23. The van der Waals surface area contributed by atoms with E-state index >= 15 is 0 Å². The monoisotopic (exact) mass is 520 g/mol. The van der Waals surface area contributed by atoms with Gasteiger partial charge in [0.2, 0.25) is 0 Å². The number of anilines is 2. The molecule has 39 heavy (non-hydrogen) atoms. The summed E-state index contributed by atoms with van der Waals surface area (Å²) in [5.74, 6) is 0.403. The van der Waals surface area contributed by atoms with Crippen LogP contribution in [0.5, 0.6) is 0 Å². The lowest BCUT2D eigenvalue weighted by molar-refractivity contribution is 0.745. The third-order valence-electron chi connectivity index (χ3n) is 9.07. The minimum Gasteiger partial charge on any atom is -0.333 e. The Labute approximate surface area is 232 Å². The predicted octanol–water partition coefficient (Wildman–Crippen LogP) is 9.49. The van der Waals surface area contributed by atoms with Crippen LogP contribution in [0.4, 0.5) is 11.4 Å². The van der Waals surface area contributed by atoms with Gasteiger partial charge in [0.1, 0.15) is 0 Å². The van der Waals surface area contributed by atoms with E-state index < -0.39 is 0 Å². The van der Waals surface area contributed by atoms with Crippen LogP contribution < -0.4 is 4.90 Å². The molecule has 0 bridgehead atoms. The van der Waals surface area contributed by atoms with Crippen molar-refractivity contribution in [3.63, 3.8) is 0 Å². The molecule has 2 atom stereocenters. The van der Waals surface area contributed by atoms with E-state index in [-0.39, 0.29) is 0 Å². The summed E-state index contributed by atoms with van der Waals surface area (Å²) in [7, 11) is 0. The predicted molar refractivity (Wildman–Crippen MR) is 167 cm³/mol. The largest absolute Gasteiger partial charge is 0.333 e. The summed E-state index contributed by atoms with van der Waals surface area (Å²) in [5.41, 5.74) is 11.2. The molecule has 0 N–H and O–H groups in total. The standard InChI is InChI=1S/C36H28N2S/c1-5-13-31-25(9-1)26-10-2-6-14-32(26)37(31)23-17-19-35-29(21-23)30-22-24(18-20-36(30)39-35)38-33-15-7-3-11-27(33)28-12-4-8-16-34(28)38/h1-2,5-10,13-22,25,31H,3-4,11-12H2. The molecule has 3 heterocycles. The molecule has 2 nitrogen and oxygen atoms in total. The van der Waals surface area contributed by atoms with Crippen LogP contribution in [-0.4, -0.2) is 10.6 Å². The molecular formula is C36H28N2S. The summed E-state index contributed by atoms with van der Waals surface area (Å²) in [4.78, 5) is 2.54. The van der Waals surface area contributed by atoms with Gasteiger partial charge in [0.25, 0.3) is 0 Å². The number of nitrogens with zero attached hydrogens (tertiary/aromatic N) is 2. The van der Waals surface area contributed by atoms with E-state index in [1.54, 1.807) is 11.1 Å². The number of allylic oxidation sites excluding steroid dienone is 4. The van der Waals surface area contributed by atoms with Gasteiger partial charge in [-0.15, -0.1) is 11.3 Å². The van der Waals surface area contributed by atoms with Crippen LogP contribution in [-0.2, 0) is 12.8 Å². The molecule has 0 amide bonds. The lowest BCUT2D eigenvalue weighted by Gasteiger charge is -2.28. The molecular weight excluding hydrogens is 492 g/mol. The van der Waals surface area contributed by atoms with Crippen molar-refractivity contribution in [1.82, 2.24) is 4.57 Å². The van der Waals surface area contributed by atoms with Crippen LogP contribution in [0.25, 0.3) is 38.0 Å². The first-order valence-electron chi connectivity index (χ1n) is 14.1. The van der Waals surface area contributed by atoms with E-state index in [9.17, 15) is 0 Å². The molecule has 9 rings (SSSR count). The first-order valence-corrected chi connectivity index (χ1v) is 15.0. The Morgan fingerprint density at radius 1 is 0.692 bits per heavy atom. The lowest BCUT2D eigenvalue weighted by atomic mass is 9.91. The van der Waals surface area contributed by atoms with Gasteiger partial charge >= 0.3 is 0 Å². The SMILES string of the molecule is C1=CC2c3ccccc3N(c3ccc4sc5ccc(-n6c7c(c8c6C=CCC8)CCC=C7)cc5c4c3)C2C=C1. The summed E-state index contributed by atoms with van der Waals surface area (Å²) in [6, 6.07) is 23.4. The minimum absolute atomic E-state index is 0.321. The first kappa shape index (κ1) is 21.8. The molecule has 0 saturated heterocycles. The van der Waals surface area contributed by atoms with Gasteiger partial charge in [-0.3, -0.25) is 0 Å². The fraction of sp³-hybridized carbons (Fsp3) is 0.167. The number of thiophene rings is 1. The molecule has 2 unspecified atom stereocenters. The average molecular weight is 521 g/mol. The van der Waals surface area contributed by atoms with Gasteiger partial charge in [-0.2, -0.15) is 0 Å². The topological polar surface area (TPSA) is 8.17 Å². The molecule has 0 spiro atoms. The van der Waals surface area contributed by atoms with Crippen LogP contribution in [0.3, 0.4) is 0 Å². The van der Waals surface area contributed by atoms with E-state index in [1.807, 2.05) is 11.3 Å². The maximum atomic E-state index is 2.54. The Morgan fingerprint density at radius 3 is 2.13 bits per heavy atom. The maximum Gasteiger partial charge on any atom is 0.0629 e. The number of fused-ring (bicyclic) bond motifs is 9. The summed E-state index contributed by atoms with van der Waals surface area (Å²) < 4.78 is 5.22. The van der Waals surface area contributed by atoms with E-state index in [4.69, 9.17) is 0 Å². The fourth-order valence-corrected chi connectivity index (χ4v) is 8.44. The molecule has 5 aromatic rings. The van der Waals surface area contributed by atoms with Crippen molar-refractivity contribution in [1.29, 1.82) is 0 Å². The smallest absolute Gasteiger partial charge is 0.0629 e. The van der Waals surface area contributed by atoms with Gasteiger partial charge in [0, 0.05) is 54.5 Å². The lowest BCUT2D eigenvalue weighted by Crippen LogP contribution is -2.28. The minimum atomic E-state index is 0.321. The molecule has 3 aromatic carbocycles. The first-order chi connectivity index (χ1) is 19.3. The quantitative estimate of drug-likeness (QED) is 0.225. The Hall–Kier alpha value is -4.08. The number of hydrogen-bond acceptors (Lipinski definition) is 2. The summed E-state index contributed by atoms with van der Waals surface area (Å²) in [5, 5.41) is 2.71. The molecule has 0 fully saturated rings. The normalized spacial score (nSPS) is 20.5. The second-order valence-corrected chi connectivity index (χ2v) is 12.2. The molecule has 3 aliphatic carbocycles. The third-order valence-corrected chi connectivity index (χ3v) is 10.2. The van der Waals surface area contributed by atoms with Crippen molar-refractivity contribution in [2.24, 2.45) is 0 Å². The van der Waals surface area contributed by atoms with Crippen LogP contribution in [0.2, 0.25) is 0 Å². The van der Waals surface area contributed by atoms with Crippen molar-refractivity contribution in [3.05, 3.63) is 125 Å². The number of aromatic nitrogens is 1. The highest BCUT2D eigenvalue weighted by molar-refractivity contribution is 7.25. The highest BCUT2D eigenvalue weighted by Gasteiger charge is 2.37. The third kappa shape index (κ3) is 3.08. The Morgan fingerprint density at radius 2 is 1.36 bits per heavy atom. The van der Waals surface area contributed by atoms with E-state index in [0.717, 1.165) is 25.7 Å². The summed E-state index contributed by atoms with van der Waals surface area (Å²) >= 11 is 1.90. The zero-order chi connectivity index (χ0) is 25.5. The molecule has 3 heteroatoms. The zero-order valence-electron chi connectivity index (χ0n) is 21.7. The molecule has 4 aliphatic rings. The molecule has 188 valence electrons. The second kappa shape index (κ2) is 8.21. The number of benzene rings is 3. The molecule has 0 radical (unpaired) electrons. The highest BCUT2D eigenvalue weighted by atomic mass is 32.1. The van der Waals surface area contributed by atoms with Crippen LogP contribution >= 0.6 is 11.3 Å². The zero-order valence-corrected chi connectivity index (χ0v) is 22.5. The number of rotatable bonds is 2. The summed E-state index contributed by atoms with van der Waals surface area (Å²) in [6.45, 7) is 0. The number of hydrogen-bond donors (Lipinski definition) is 0. The summed E-state index contributed by atoms with van der Waals surface area (Å²) in [6.07, 6.45) is 23.1. The second-order valence-electron chi connectivity index (χ2n) is 11.1. The van der Waals surface area contributed by atoms with Gasteiger partial charge in [-0.1, -0.05) is 54.7 Å². The van der Waals surface area contributed by atoms with Crippen LogP contribution in [0, 0.1) is 0 Å². The van der Waals surface area contributed by atoms with E-state index in [1.165, 1.54) is 54.2 Å². The molecule has 0 saturated carbocycles. The van der Waals surface area contributed by atoms with E-state index in [2.05, 4.69) is 119 Å². The molecule has 1 aliphatic heterocycles. The van der Waals surface area contributed by atoms with E-state index in [0.29, 0.717) is 12.0 Å². The van der Waals surface area contributed by atoms with Crippen LogP contribution in [0.1, 0.15) is 46.8 Å². The van der Waals surface area contributed by atoms with Crippen molar-refractivity contribution >= 4 is 55.0 Å². The maximum absolute atomic E-state index is 2.54. The number of para-hydroxylation sites is 1.